The monoisotopic (exact) mass is 291 g/mol. The quantitative estimate of drug-likeness (QED) is 0.779. The molecule has 20 heavy (non-hydrogen) atoms. The highest BCUT2D eigenvalue weighted by atomic mass is 35.5. The number of rotatable bonds is 3. The summed E-state index contributed by atoms with van der Waals surface area (Å²) in [7, 11) is 0. The smallest absolute Gasteiger partial charge is 0.176 e. The number of halogens is 1. The first-order chi connectivity index (χ1) is 9.67. The van der Waals surface area contributed by atoms with Gasteiger partial charge in [-0.15, -0.1) is 0 Å². The summed E-state index contributed by atoms with van der Waals surface area (Å²) in [6.07, 6.45) is 8.19. The standard InChI is InChI=1S/C17H22ClNO/c18-15-5-3-14(4-6-15)16(20)13-19-11-9-17(10-12-19)7-1-2-8-17/h3-6H,1-2,7-13H2. The Bertz CT molecular complexity index is 466. The Morgan fingerprint density at radius 1 is 1.05 bits per heavy atom. The van der Waals surface area contributed by atoms with Crippen LogP contribution < -0.4 is 0 Å². The number of carbonyl (C=O) groups is 1. The molecule has 0 N–H and O–H groups in total. The molecule has 0 radical (unpaired) electrons. The maximum atomic E-state index is 12.3. The number of nitrogens with zero attached hydrogens (tertiary/aromatic N) is 1. The topological polar surface area (TPSA) is 20.3 Å². The van der Waals surface area contributed by atoms with Crippen LogP contribution >= 0.6 is 11.6 Å². The lowest BCUT2D eigenvalue weighted by atomic mass is 9.77. The molecule has 1 aromatic carbocycles. The van der Waals surface area contributed by atoms with E-state index in [1.807, 2.05) is 12.1 Å². The summed E-state index contributed by atoms with van der Waals surface area (Å²) in [5.41, 5.74) is 1.40. The molecule has 1 aromatic rings. The van der Waals surface area contributed by atoms with Crippen molar-refractivity contribution in [2.45, 2.75) is 38.5 Å². The van der Waals surface area contributed by atoms with E-state index in [1.54, 1.807) is 12.1 Å². The average Bonchev–Trinajstić information content (AvgIpc) is 2.91. The number of Topliss-reactive ketones (excluding diaryl/α,β-unsaturated/α-hetero) is 1. The third-order valence-electron chi connectivity index (χ3n) is 5.11. The molecule has 1 saturated heterocycles. The predicted molar refractivity (Wildman–Crippen MR) is 82.4 cm³/mol. The van der Waals surface area contributed by atoms with Gasteiger partial charge in [0.1, 0.15) is 0 Å². The zero-order valence-corrected chi connectivity index (χ0v) is 12.7. The van der Waals surface area contributed by atoms with Crippen molar-refractivity contribution in [1.82, 2.24) is 4.90 Å². The second-order valence-electron chi connectivity index (χ2n) is 6.41. The van der Waals surface area contributed by atoms with E-state index < -0.39 is 0 Å². The van der Waals surface area contributed by atoms with Crippen molar-refractivity contribution in [2.75, 3.05) is 19.6 Å². The van der Waals surface area contributed by atoms with Crippen LogP contribution in [0.2, 0.25) is 5.02 Å². The van der Waals surface area contributed by atoms with Crippen LogP contribution in [0.3, 0.4) is 0 Å². The van der Waals surface area contributed by atoms with Crippen molar-refractivity contribution in [1.29, 1.82) is 0 Å². The third kappa shape index (κ3) is 3.07. The molecular formula is C17H22ClNO. The number of hydrogen-bond acceptors (Lipinski definition) is 2. The molecule has 0 atom stereocenters. The highest BCUT2D eigenvalue weighted by Gasteiger charge is 2.37. The minimum absolute atomic E-state index is 0.212. The van der Waals surface area contributed by atoms with Gasteiger partial charge < -0.3 is 0 Å². The van der Waals surface area contributed by atoms with Crippen molar-refractivity contribution < 1.29 is 4.79 Å². The lowest BCUT2D eigenvalue weighted by Crippen LogP contribution is -2.41. The maximum Gasteiger partial charge on any atom is 0.176 e. The fourth-order valence-corrected chi connectivity index (χ4v) is 3.87. The van der Waals surface area contributed by atoms with E-state index in [0.717, 1.165) is 18.7 Å². The fraction of sp³-hybridized carbons (Fsp3) is 0.588. The summed E-state index contributed by atoms with van der Waals surface area (Å²) >= 11 is 5.86. The van der Waals surface area contributed by atoms with Gasteiger partial charge in [0.25, 0.3) is 0 Å². The molecule has 1 spiro atoms. The second-order valence-corrected chi connectivity index (χ2v) is 6.85. The molecule has 0 amide bonds. The first-order valence-corrected chi connectivity index (χ1v) is 8.06. The van der Waals surface area contributed by atoms with Crippen LogP contribution in [0.4, 0.5) is 0 Å². The van der Waals surface area contributed by atoms with Gasteiger partial charge in [0.15, 0.2) is 5.78 Å². The van der Waals surface area contributed by atoms with Crippen molar-refractivity contribution in [3.63, 3.8) is 0 Å². The first kappa shape index (κ1) is 14.1. The Morgan fingerprint density at radius 2 is 1.65 bits per heavy atom. The van der Waals surface area contributed by atoms with Gasteiger partial charge in [-0.05, 0) is 68.5 Å². The van der Waals surface area contributed by atoms with Crippen molar-refractivity contribution in [3.05, 3.63) is 34.9 Å². The molecule has 1 aliphatic carbocycles. The number of benzene rings is 1. The van der Waals surface area contributed by atoms with E-state index in [1.165, 1.54) is 38.5 Å². The van der Waals surface area contributed by atoms with Gasteiger partial charge in [0.05, 0.1) is 6.54 Å². The molecule has 0 unspecified atom stereocenters. The van der Waals surface area contributed by atoms with Crippen LogP contribution in [0, 0.1) is 5.41 Å². The third-order valence-corrected chi connectivity index (χ3v) is 5.37. The van der Waals surface area contributed by atoms with Gasteiger partial charge >= 0.3 is 0 Å². The number of likely N-dealkylation sites (tertiary alicyclic amines) is 1. The van der Waals surface area contributed by atoms with E-state index in [-0.39, 0.29) is 5.78 Å². The Balaban J connectivity index is 1.54. The summed E-state index contributed by atoms with van der Waals surface area (Å²) in [4.78, 5) is 14.6. The summed E-state index contributed by atoms with van der Waals surface area (Å²) in [5, 5.41) is 0.683. The van der Waals surface area contributed by atoms with Gasteiger partial charge in [-0.2, -0.15) is 0 Å². The Hall–Kier alpha value is -0.860. The van der Waals surface area contributed by atoms with Crippen molar-refractivity contribution >= 4 is 17.4 Å². The zero-order valence-electron chi connectivity index (χ0n) is 11.9. The average molecular weight is 292 g/mol. The van der Waals surface area contributed by atoms with E-state index >= 15 is 0 Å². The fourth-order valence-electron chi connectivity index (χ4n) is 3.74. The molecule has 2 fully saturated rings. The largest absolute Gasteiger partial charge is 0.296 e. The van der Waals surface area contributed by atoms with Gasteiger partial charge in [-0.25, -0.2) is 0 Å². The first-order valence-electron chi connectivity index (χ1n) is 7.68. The van der Waals surface area contributed by atoms with Crippen LogP contribution in [-0.4, -0.2) is 30.3 Å². The maximum absolute atomic E-state index is 12.3. The molecule has 3 rings (SSSR count). The molecule has 2 nitrogen and oxygen atoms in total. The predicted octanol–water partition coefficient (Wildman–Crippen LogP) is 4.18. The molecule has 0 aromatic heterocycles. The SMILES string of the molecule is O=C(CN1CCC2(CCCC2)CC1)c1ccc(Cl)cc1. The summed E-state index contributed by atoms with van der Waals surface area (Å²) in [6.45, 7) is 2.72. The highest BCUT2D eigenvalue weighted by molar-refractivity contribution is 6.30. The molecule has 2 aliphatic rings. The molecule has 0 bridgehead atoms. The summed E-state index contributed by atoms with van der Waals surface area (Å²) in [6, 6.07) is 7.23. The van der Waals surface area contributed by atoms with Crippen LogP contribution in [0.25, 0.3) is 0 Å². The second kappa shape index (κ2) is 5.87. The van der Waals surface area contributed by atoms with Crippen LogP contribution in [0.5, 0.6) is 0 Å². The van der Waals surface area contributed by atoms with Crippen molar-refractivity contribution in [2.24, 2.45) is 5.41 Å². The van der Waals surface area contributed by atoms with Gasteiger partial charge in [0, 0.05) is 10.6 Å². The molecule has 108 valence electrons. The lowest BCUT2D eigenvalue weighted by molar-refractivity contribution is 0.0797. The van der Waals surface area contributed by atoms with Gasteiger partial charge in [-0.3, -0.25) is 9.69 Å². The van der Waals surface area contributed by atoms with Gasteiger partial charge in [-0.1, -0.05) is 24.4 Å². The molecule has 1 heterocycles. The van der Waals surface area contributed by atoms with E-state index in [2.05, 4.69) is 4.90 Å². The van der Waals surface area contributed by atoms with Crippen LogP contribution in [0.15, 0.2) is 24.3 Å². The Labute approximate surface area is 126 Å². The molecular weight excluding hydrogens is 270 g/mol. The number of ketones is 1. The highest BCUT2D eigenvalue weighted by Crippen LogP contribution is 2.46. The van der Waals surface area contributed by atoms with E-state index in [4.69, 9.17) is 11.6 Å². The van der Waals surface area contributed by atoms with E-state index in [0.29, 0.717) is 17.0 Å². The lowest BCUT2D eigenvalue weighted by Gasteiger charge is -2.39. The number of hydrogen-bond donors (Lipinski definition) is 0. The Morgan fingerprint density at radius 3 is 2.25 bits per heavy atom. The zero-order chi connectivity index (χ0) is 14.0. The minimum Gasteiger partial charge on any atom is -0.296 e. The minimum atomic E-state index is 0.212. The summed E-state index contributed by atoms with van der Waals surface area (Å²) in [5.74, 6) is 0.212. The number of piperidine rings is 1. The van der Waals surface area contributed by atoms with E-state index in [9.17, 15) is 4.79 Å². The number of carbonyl (C=O) groups excluding carboxylic acids is 1. The molecule has 3 heteroatoms. The normalized spacial score (nSPS) is 22.2. The molecule has 1 saturated carbocycles. The van der Waals surface area contributed by atoms with Crippen LogP contribution in [-0.2, 0) is 0 Å². The summed E-state index contributed by atoms with van der Waals surface area (Å²) < 4.78 is 0. The van der Waals surface area contributed by atoms with Gasteiger partial charge in [0.2, 0.25) is 0 Å². The van der Waals surface area contributed by atoms with Crippen molar-refractivity contribution in [3.8, 4) is 0 Å². The molecule has 1 aliphatic heterocycles. The Kier molecular flexibility index (Phi) is 4.13. The van der Waals surface area contributed by atoms with Crippen LogP contribution in [0.1, 0.15) is 48.9 Å².